The minimum absolute atomic E-state index is 0.0584. The molecule has 6 nitrogen and oxygen atoms in total. The minimum atomic E-state index is -0.410. The van der Waals surface area contributed by atoms with Crippen LogP contribution < -0.4 is 10.5 Å². The lowest BCUT2D eigenvalue weighted by Crippen LogP contribution is -2.34. The smallest absolute Gasteiger partial charge is 0.262 e. The Morgan fingerprint density at radius 1 is 1.18 bits per heavy atom. The highest BCUT2D eigenvalue weighted by atomic mass is 32.2. The van der Waals surface area contributed by atoms with Crippen molar-refractivity contribution < 1.29 is 9.53 Å². The largest absolute Gasteiger partial charge is 0.383 e. The Bertz CT molecular complexity index is 1020. The first kappa shape index (κ1) is 20.1. The van der Waals surface area contributed by atoms with Crippen LogP contribution in [0.5, 0.6) is 0 Å². The molecule has 0 aliphatic carbocycles. The highest BCUT2D eigenvalue weighted by molar-refractivity contribution is 8.00. The second-order valence-corrected chi connectivity index (χ2v) is 7.66. The van der Waals surface area contributed by atoms with Gasteiger partial charge in [-0.1, -0.05) is 42.1 Å². The molecule has 0 saturated heterocycles. The van der Waals surface area contributed by atoms with Gasteiger partial charge in [0.05, 0.1) is 29.3 Å². The monoisotopic (exact) mass is 397 g/mol. The zero-order valence-corrected chi connectivity index (χ0v) is 17.0. The molecule has 1 aromatic heterocycles. The van der Waals surface area contributed by atoms with Crippen LogP contribution in [0.15, 0.2) is 64.5 Å². The van der Waals surface area contributed by atoms with Crippen LogP contribution in [-0.2, 0) is 16.1 Å². The Morgan fingerprint density at radius 3 is 2.57 bits per heavy atom. The molecule has 1 amide bonds. The van der Waals surface area contributed by atoms with Crippen LogP contribution in [0.4, 0.5) is 5.69 Å². The Hall–Kier alpha value is -2.64. The van der Waals surface area contributed by atoms with Crippen LogP contribution in [0.25, 0.3) is 10.9 Å². The van der Waals surface area contributed by atoms with E-state index in [2.05, 4.69) is 4.98 Å². The van der Waals surface area contributed by atoms with Gasteiger partial charge >= 0.3 is 0 Å². The quantitative estimate of drug-likeness (QED) is 0.453. The number of carbonyl (C=O) groups excluding carboxylic acids is 1. The van der Waals surface area contributed by atoms with E-state index in [1.807, 2.05) is 55.5 Å². The molecule has 0 unspecified atom stereocenters. The summed E-state index contributed by atoms with van der Waals surface area (Å²) in [6, 6.07) is 16.7. The van der Waals surface area contributed by atoms with Crippen LogP contribution in [-0.4, -0.2) is 41.5 Å². The van der Waals surface area contributed by atoms with E-state index in [1.165, 1.54) is 11.8 Å². The van der Waals surface area contributed by atoms with E-state index in [0.717, 1.165) is 5.69 Å². The topological polar surface area (TPSA) is 64.4 Å². The molecule has 0 radical (unpaired) electrons. The predicted octanol–water partition coefficient (Wildman–Crippen LogP) is 3.19. The standard InChI is InChI=1S/C21H23N3O3S/c1-15(19(25)23(2)16-9-5-4-6-10-16)28-21-22-18-12-8-7-11-17(18)20(26)24(21)13-14-27-3/h4-12,15H,13-14H2,1-3H3/t15-/m0/s1. The van der Waals surface area contributed by atoms with Gasteiger partial charge in [0.25, 0.3) is 5.56 Å². The maximum Gasteiger partial charge on any atom is 0.262 e. The summed E-state index contributed by atoms with van der Waals surface area (Å²) < 4.78 is 6.73. The number of hydrogen-bond donors (Lipinski definition) is 0. The van der Waals surface area contributed by atoms with Crippen LogP contribution in [0.3, 0.4) is 0 Å². The van der Waals surface area contributed by atoms with E-state index in [0.29, 0.717) is 29.2 Å². The third-order valence-electron chi connectivity index (χ3n) is 4.45. The SMILES string of the molecule is COCCn1c(S[C@@H](C)C(=O)N(C)c2ccccc2)nc2ccccc2c1=O. The van der Waals surface area contributed by atoms with Crippen molar-refractivity contribution in [3.8, 4) is 0 Å². The van der Waals surface area contributed by atoms with E-state index >= 15 is 0 Å². The molecule has 0 fully saturated rings. The van der Waals surface area contributed by atoms with E-state index < -0.39 is 5.25 Å². The molecule has 28 heavy (non-hydrogen) atoms. The van der Waals surface area contributed by atoms with Gasteiger partial charge in [-0.15, -0.1) is 0 Å². The number of ether oxygens (including phenoxy) is 1. The lowest BCUT2D eigenvalue weighted by molar-refractivity contribution is -0.117. The highest BCUT2D eigenvalue weighted by Gasteiger charge is 2.22. The maximum atomic E-state index is 12.9. The number of anilines is 1. The first-order valence-corrected chi connectivity index (χ1v) is 9.88. The Labute approximate surface area is 168 Å². The molecule has 7 heteroatoms. The average molecular weight is 398 g/mol. The summed E-state index contributed by atoms with van der Waals surface area (Å²) in [4.78, 5) is 32.1. The normalized spacial score (nSPS) is 12.1. The third kappa shape index (κ3) is 4.26. The fourth-order valence-corrected chi connectivity index (χ4v) is 3.91. The van der Waals surface area contributed by atoms with Gasteiger partial charge in [0.1, 0.15) is 0 Å². The van der Waals surface area contributed by atoms with Gasteiger partial charge in [-0.3, -0.25) is 14.2 Å². The van der Waals surface area contributed by atoms with Gasteiger partial charge < -0.3 is 9.64 Å². The van der Waals surface area contributed by atoms with Crippen molar-refractivity contribution in [1.29, 1.82) is 0 Å². The number of rotatable bonds is 7. The molecule has 2 aromatic carbocycles. The van der Waals surface area contributed by atoms with E-state index in [9.17, 15) is 9.59 Å². The van der Waals surface area contributed by atoms with Gasteiger partial charge in [0.15, 0.2) is 5.16 Å². The molecular formula is C21H23N3O3S. The molecule has 0 saturated carbocycles. The summed E-state index contributed by atoms with van der Waals surface area (Å²) in [5.74, 6) is -0.0584. The average Bonchev–Trinajstić information content (AvgIpc) is 2.73. The molecule has 0 N–H and O–H groups in total. The number of carbonyl (C=O) groups is 1. The molecule has 0 aliphatic rings. The number of para-hydroxylation sites is 2. The molecular weight excluding hydrogens is 374 g/mol. The maximum absolute atomic E-state index is 12.9. The molecule has 146 valence electrons. The predicted molar refractivity (Wildman–Crippen MR) is 113 cm³/mol. The van der Waals surface area contributed by atoms with Crippen LogP contribution >= 0.6 is 11.8 Å². The Balaban J connectivity index is 1.91. The molecule has 3 rings (SSSR count). The van der Waals surface area contributed by atoms with E-state index in [-0.39, 0.29) is 11.5 Å². The van der Waals surface area contributed by atoms with Crippen LogP contribution in [0.1, 0.15) is 6.92 Å². The van der Waals surface area contributed by atoms with Gasteiger partial charge in [0, 0.05) is 19.8 Å². The number of methoxy groups -OCH3 is 1. The van der Waals surface area contributed by atoms with Crippen molar-refractivity contribution in [2.24, 2.45) is 0 Å². The van der Waals surface area contributed by atoms with Gasteiger partial charge in [0.2, 0.25) is 5.91 Å². The fourth-order valence-electron chi connectivity index (χ4n) is 2.88. The molecule has 0 bridgehead atoms. The second kappa shape index (κ2) is 9.03. The number of aromatic nitrogens is 2. The molecule has 1 heterocycles. The van der Waals surface area contributed by atoms with E-state index in [4.69, 9.17) is 4.74 Å². The van der Waals surface area contributed by atoms with Crippen LogP contribution in [0.2, 0.25) is 0 Å². The molecule has 1 atom stereocenters. The van der Waals surface area contributed by atoms with Crippen molar-refractivity contribution in [3.63, 3.8) is 0 Å². The molecule has 3 aromatic rings. The number of amides is 1. The highest BCUT2D eigenvalue weighted by Crippen LogP contribution is 2.25. The lowest BCUT2D eigenvalue weighted by Gasteiger charge is -2.22. The molecule has 0 aliphatic heterocycles. The second-order valence-electron chi connectivity index (χ2n) is 6.35. The van der Waals surface area contributed by atoms with E-state index in [1.54, 1.807) is 29.7 Å². The summed E-state index contributed by atoms with van der Waals surface area (Å²) in [6.45, 7) is 2.60. The first-order valence-electron chi connectivity index (χ1n) is 9.00. The van der Waals surface area contributed by atoms with Crippen molar-refractivity contribution in [1.82, 2.24) is 9.55 Å². The number of nitrogens with zero attached hydrogens (tertiary/aromatic N) is 3. The summed E-state index contributed by atoms with van der Waals surface area (Å²) in [7, 11) is 3.34. The summed E-state index contributed by atoms with van der Waals surface area (Å²) in [6.07, 6.45) is 0. The summed E-state index contributed by atoms with van der Waals surface area (Å²) >= 11 is 1.29. The van der Waals surface area contributed by atoms with Crippen LogP contribution in [0, 0.1) is 0 Å². The van der Waals surface area contributed by atoms with Gasteiger partial charge in [-0.2, -0.15) is 0 Å². The minimum Gasteiger partial charge on any atom is -0.383 e. The Kier molecular flexibility index (Phi) is 6.49. The number of thioether (sulfide) groups is 1. The number of fused-ring (bicyclic) bond motifs is 1. The van der Waals surface area contributed by atoms with Gasteiger partial charge in [-0.05, 0) is 31.2 Å². The van der Waals surface area contributed by atoms with Crippen molar-refractivity contribution >= 4 is 34.3 Å². The summed E-state index contributed by atoms with van der Waals surface area (Å²) in [5, 5.41) is 0.665. The first-order chi connectivity index (χ1) is 13.5. The fraction of sp³-hybridized carbons (Fsp3) is 0.286. The molecule has 0 spiro atoms. The van der Waals surface area contributed by atoms with Crippen molar-refractivity contribution in [2.45, 2.75) is 23.9 Å². The summed E-state index contributed by atoms with van der Waals surface area (Å²) in [5.41, 5.74) is 1.32. The lowest BCUT2D eigenvalue weighted by atomic mass is 10.2. The third-order valence-corrected chi connectivity index (χ3v) is 5.53. The zero-order chi connectivity index (χ0) is 20.1. The van der Waals surface area contributed by atoms with Gasteiger partial charge in [-0.25, -0.2) is 4.98 Å². The number of hydrogen-bond acceptors (Lipinski definition) is 5. The number of benzene rings is 2. The Morgan fingerprint density at radius 2 is 1.86 bits per heavy atom. The zero-order valence-electron chi connectivity index (χ0n) is 16.2. The van der Waals surface area contributed by atoms with Crippen molar-refractivity contribution in [3.05, 3.63) is 65.0 Å². The van der Waals surface area contributed by atoms with Crippen molar-refractivity contribution in [2.75, 3.05) is 25.7 Å².